The molecule has 0 radical (unpaired) electrons. The molecule has 0 heterocycles. The maximum absolute atomic E-state index is 12.4. The van der Waals surface area contributed by atoms with Gasteiger partial charge in [-0.15, -0.1) is 0 Å². The summed E-state index contributed by atoms with van der Waals surface area (Å²) in [5, 5.41) is 33.1. The number of nitrogens with one attached hydrogen (secondary N) is 1. The number of amides is 1. The van der Waals surface area contributed by atoms with Gasteiger partial charge in [-0.2, -0.15) is 0 Å². The summed E-state index contributed by atoms with van der Waals surface area (Å²) < 4.78 is 0. The summed E-state index contributed by atoms with van der Waals surface area (Å²) >= 11 is 0. The Hall–Kier alpha value is -1.69. The largest absolute Gasteiger partial charge is 0.394 e. The molecule has 0 aromatic rings. The SMILES string of the molecule is CCCCCCCCC/C=C\CCCCCC(O)CC(=O)NC(CO)C(O)/C=C/CC/C=C/CC/C=C/CCCCCCCCCCCCC. The Balaban J connectivity index is 3.78. The summed E-state index contributed by atoms with van der Waals surface area (Å²) in [6.07, 6.45) is 51.1. The van der Waals surface area contributed by atoms with E-state index in [2.05, 4.69) is 55.6 Å². The van der Waals surface area contributed by atoms with Crippen LogP contribution < -0.4 is 5.32 Å². The zero-order chi connectivity index (χ0) is 36.6. The normalized spacial score (nSPS) is 14.1. The van der Waals surface area contributed by atoms with Crippen LogP contribution in [-0.2, 0) is 4.79 Å². The van der Waals surface area contributed by atoms with Gasteiger partial charge >= 0.3 is 0 Å². The second-order valence-corrected chi connectivity index (χ2v) is 14.6. The lowest BCUT2D eigenvalue weighted by Crippen LogP contribution is -2.45. The van der Waals surface area contributed by atoms with E-state index in [0.29, 0.717) is 6.42 Å². The predicted molar refractivity (Wildman–Crippen MR) is 217 cm³/mol. The third-order valence-corrected chi connectivity index (χ3v) is 9.57. The van der Waals surface area contributed by atoms with Crippen LogP contribution in [0.2, 0.25) is 0 Å². The molecule has 0 spiro atoms. The van der Waals surface area contributed by atoms with E-state index in [1.54, 1.807) is 6.08 Å². The molecule has 4 N–H and O–H groups in total. The van der Waals surface area contributed by atoms with Gasteiger partial charge in [0.25, 0.3) is 0 Å². The van der Waals surface area contributed by atoms with E-state index in [4.69, 9.17) is 0 Å². The molecule has 0 fully saturated rings. The van der Waals surface area contributed by atoms with Crippen LogP contribution in [0.3, 0.4) is 0 Å². The standard InChI is InChI=1S/C45H83NO4/c1-3-5-7-9-11-13-15-17-19-20-21-22-23-24-25-27-29-31-33-35-37-39-44(49)43(41-47)46-45(50)40-42(48)38-36-34-32-30-28-26-18-16-14-12-10-8-6-4-2/h23-24,26,28-29,31,37,39,42-44,47-49H,3-22,25,27,30,32-36,38,40-41H2,1-2H3,(H,46,50)/b24-23+,28-26-,31-29+,39-37+. The third kappa shape index (κ3) is 36.1. The van der Waals surface area contributed by atoms with Gasteiger partial charge in [0.2, 0.25) is 5.91 Å². The van der Waals surface area contributed by atoms with Gasteiger partial charge in [0, 0.05) is 0 Å². The molecule has 0 aliphatic carbocycles. The van der Waals surface area contributed by atoms with Crippen molar-refractivity contribution >= 4 is 5.91 Å². The lowest BCUT2D eigenvalue weighted by atomic mass is 10.1. The van der Waals surface area contributed by atoms with E-state index < -0.39 is 18.2 Å². The molecule has 0 aliphatic rings. The topological polar surface area (TPSA) is 89.8 Å². The average Bonchev–Trinajstić information content (AvgIpc) is 3.11. The number of unbranched alkanes of at least 4 members (excludes halogenated alkanes) is 23. The van der Waals surface area contributed by atoms with Crippen molar-refractivity contribution < 1.29 is 20.1 Å². The highest BCUT2D eigenvalue weighted by molar-refractivity contribution is 5.76. The van der Waals surface area contributed by atoms with Crippen molar-refractivity contribution in [3.63, 3.8) is 0 Å². The number of rotatable bonds is 38. The fraction of sp³-hybridized carbons (Fsp3) is 0.800. The van der Waals surface area contributed by atoms with E-state index >= 15 is 0 Å². The van der Waals surface area contributed by atoms with Gasteiger partial charge in [0.15, 0.2) is 0 Å². The molecule has 5 nitrogen and oxygen atoms in total. The Kier molecular flexibility index (Phi) is 38.7. The van der Waals surface area contributed by atoms with E-state index in [9.17, 15) is 20.1 Å². The number of aliphatic hydroxyl groups excluding tert-OH is 3. The summed E-state index contributed by atoms with van der Waals surface area (Å²) in [5.74, 6) is -0.340. The van der Waals surface area contributed by atoms with E-state index in [1.165, 1.54) is 128 Å². The molecule has 0 saturated carbocycles. The second kappa shape index (κ2) is 40.1. The number of allylic oxidation sites excluding steroid dienone is 7. The molecule has 0 rings (SSSR count). The van der Waals surface area contributed by atoms with Crippen molar-refractivity contribution in [3.05, 3.63) is 48.6 Å². The van der Waals surface area contributed by atoms with Gasteiger partial charge < -0.3 is 20.6 Å². The quantitative estimate of drug-likeness (QED) is 0.0381. The molecular formula is C45H83NO4. The van der Waals surface area contributed by atoms with Crippen molar-refractivity contribution in [1.82, 2.24) is 5.32 Å². The van der Waals surface area contributed by atoms with Crippen molar-refractivity contribution in [2.75, 3.05) is 6.61 Å². The fourth-order valence-corrected chi connectivity index (χ4v) is 6.25. The highest BCUT2D eigenvalue weighted by atomic mass is 16.3. The molecule has 292 valence electrons. The molecular weight excluding hydrogens is 618 g/mol. The van der Waals surface area contributed by atoms with Gasteiger partial charge in [0.05, 0.1) is 31.3 Å². The van der Waals surface area contributed by atoms with E-state index in [0.717, 1.165) is 51.4 Å². The summed E-state index contributed by atoms with van der Waals surface area (Å²) in [7, 11) is 0. The van der Waals surface area contributed by atoms with Crippen LogP contribution in [0.15, 0.2) is 48.6 Å². The monoisotopic (exact) mass is 702 g/mol. The van der Waals surface area contributed by atoms with Gasteiger partial charge in [-0.25, -0.2) is 0 Å². The Morgan fingerprint density at radius 1 is 0.500 bits per heavy atom. The molecule has 3 atom stereocenters. The minimum absolute atomic E-state index is 0.00930. The van der Waals surface area contributed by atoms with Crippen LogP contribution in [0.25, 0.3) is 0 Å². The highest BCUT2D eigenvalue weighted by Crippen LogP contribution is 2.13. The molecule has 0 aliphatic heterocycles. The van der Waals surface area contributed by atoms with Crippen LogP contribution in [-0.4, -0.2) is 46.1 Å². The number of hydrogen-bond acceptors (Lipinski definition) is 4. The zero-order valence-electron chi connectivity index (χ0n) is 33.0. The minimum atomic E-state index is -0.964. The Morgan fingerprint density at radius 2 is 0.860 bits per heavy atom. The van der Waals surface area contributed by atoms with Crippen LogP contribution >= 0.6 is 0 Å². The van der Waals surface area contributed by atoms with Crippen LogP contribution in [0, 0.1) is 0 Å². The number of carbonyl (C=O) groups is 1. The van der Waals surface area contributed by atoms with Crippen molar-refractivity contribution in [1.29, 1.82) is 0 Å². The fourth-order valence-electron chi connectivity index (χ4n) is 6.25. The van der Waals surface area contributed by atoms with Gasteiger partial charge in [-0.3, -0.25) is 4.79 Å². The zero-order valence-corrected chi connectivity index (χ0v) is 33.0. The van der Waals surface area contributed by atoms with E-state index in [1.807, 2.05) is 6.08 Å². The smallest absolute Gasteiger partial charge is 0.222 e. The Labute approximate surface area is 310 Å². The lowest BCUT2D eigenvalue weighted by Gasteiger charge is -2.20. The Bertz CT molecular complexity index is 820. The first-order valence-corrected chi connectivity index (χ1v) is 21.4. The van der Waals surface area contributed by atoms with Crippen LogP contribution in [0.1, 0.15) is 206 Å². The molecule has 0 saturated heterocycles. The molecule has 0 aromatic carbocycles. The molecule has 1 amide bonds. The molecule has 0 bridgehead atoms. The Morgan fingerprint density at radius 3 is 1.28 bits per heavy atom. The first-order valence-electron chi connectivity index (χ1n) is 21.4. The lowest BCUT2D eigenvalue weighted by molar-refractivity contribution is -0.124. The summed E-state index contributed by atoms with van der Waals surface area (Å²) in [6, 6.07) is -0.772. The second-order valence-electron chi connectivity index (χ2n) is 14.6. The molecule has 5 heteroatoms. The van der Waals surface area contributed by atoms with E-state index in [-0.39, 0.29) is 18.9 Å². The molecule has 50 heavy (non-hydrogen) atoms. The van der Waals surface area contributed by atoms with Crippen LogP contribution in [0.4, 0.5) is 0 Å². The predicted octanol–water partition coefficient (Wildman–Crippen LogP) is 12.2. The third-order valence-electron chi connectivity index (χ3n) is 9.57. The highest BCUT2D eigenvalue weighted by Gasteiger charge is 2.20. The van der Waals surface area contributed by atoms with Crippen molar-refractivity contribution in [2.24, 2.45) is 0 Å². The van der Waals surface area contributed by atoms with Gasteiger partial charge in [0.1, 0.15) is 0 Å². The van der Waals surface area contributed by atoms with Gasteiger partial charge in [-0.05, 0) is 70.6 Å². The van der Waals surface area contributed by atoms with Gasteiger partial charge in [-0.1, -0.05) is 178 Å². The first-order chi connectivity index (χ1) is 24.5. The maximum Gasteiger partial charge on any atom is 0.222 e. The summed E-state index contributed by atoms with van der Waals surface area (Å²) in [5.41, 5.74) is 0. The number of carbonyl (C=O) groups excluding carboxylic acids is 1. The van der Waals surface area contributed by atoms with Crippen molar-refractivity contribution in [2.45, 2.75) is 225 Å². The van der Waals surface area contributed by atoms with Crippen molar-refractivity contribution in [3.8, 4) is 0 Å². The minimum Gasteiger partial charge on any atom is -0.394 e. The molecule has 3 unspecified atom stereocenters. The first kappa shape index (κ1) is 48.3. The number of hydrogen-bond donors (Lipinski definition) is 4. The van der Waals surface area contributed by atoms with Crippen LogP contribution in [0.5, 0.6) is 0 Å². The number of aliphatic hydroxyl groups is 3. The maximum atomic E-state index is 12.4. The summed E-state index contributed by atoms with van der Waals surface area (Å²) in [6.45, 7) is 4.18. The summed E-state index contributed by atoms with van der Waals surface area (Å²) in [4.78, 5) is 12.4. The molecule has 0 aromatic heterocycles. The average molecular weight is 702 g/mol.